The molecule has 4 nitrogen and oxygen atoms in total. The van der Waals surface area contributed by atoms with E-state index in [9.17, 15) is 5.11 Å². The highest BCUT2D eigenvalue weighted by Gasteiger charge is 2.15. The molecule has 1 unspecified atom stereocenters. The third-order valence-corrected chi connectivity index (χ3v) is 2.81. The number of aryl methyl sites for hydroxylation is 1. The fraction of sp³-hybridized carbons (Fsp3) is 0.333. The highest BCUT2D eigenvalue weighted by atomic mass is 32.1. The number of thiazole rings is 1. The van der Waals surface area contributed by atoms with Crippen LogP contribution in [0.1, 0.15) is 23.7 Å². The molecule has 0 spiro atoms. The van der Waals surface area contributed by atoms with Gasteiger partial charge < -0.3 is 9.67 Å². The Bertz CT molecular complexity index is 396. The number of imidazole rings is 1. The number of hydrogen-bond acceptors (Lipinski definition) is 4. The lowest BCUT2D eigenvalue weighted by Gasteiger charge is -2.02. The summed E-state index contributed by atoms with van der Waals surface area (Å²) in [5, 5.41) is 12.4. The van der Waals surface area contributed by atoms with Crippen molar-refractivity contribution in [2.45, 2.75) is 19.6 Å². The van der Waals surface area contributed by atoms with Gasteiger partial charge in [-0.2, -0.15) is 0 Å². The van der Waals surface area contributed by atoms with Crippen LogP contribution >= 0.6 is 11.3 Å². The maximum absolute atomic E-state index is 9.86. The Balaban J connectivity index is 2.23. The standard InChI is InChI=1S/C9H11N3OS/c1-2-12-5-7(11-6-12)8(13)9-10-3-4-14-9/h3-6,8,13H,2H2,1H3. The summed E-state index contributed by atoms with van der Waals surface area (Å²) in [4.78, 5) is 8.17. The summed E-state index contributed by atoms with van der Waals surface area (Å²) in [6.45, 7) is 2.89. The highest BCUT2D eigenvalue weighted by molar-refractivity contribution is 7.09. The SMILES string of the molecule is CCn1cnc(C(O)c2nccs2)c1. The van der Waals surface area contributed by atoms with Crippen molar-refractivity contribution in [2.75, 3.05) is 0 Å². The van der Waals surface area contributed by atoms with Gasteiger partial charge >= 0.3 is 0 Å². The Kier molecular flexibility index (Phi) is 2.60. The van der Waals surface area contributed by atoms with Gasteiger partial charge in [0.1, 0.15) is 11.1 Å². The first kappa shape index (κ1) is 9.36. The predicted molar refractivity (Wildman–Crippen MR) is 54.1 cm³/mol. The van der Waals surface area contributed by atoms with Gasteiger partial charge in [-0.05, 0) is 6.92 Å². The Morgan fingerprint density at radius 3 is 3.00 bits per heavy atom. The van der Waals surface area contributed by atoms with Crippen LogP contribution < -0.4 is 0 Å². The predicted octanol–water partition coefficient (Wildman–Crippen LogP) is 1.44. The van der Waals surface area contributed by atoms with Crippen LogP contribution in [0.3, 0.4) is 0 Å². The molecule has 0 saturated heterocycles. The van der Waals surface area contributed by atoms with Gasteiger partial charge in [0.25, 0.3) is 0 Å². The van der Waals surface area contributed by atoms with E-state index >= 15 is 0 Å². The molecule has 0 aromatic carbocycles. The van der Waals surface area contributed by atoms with Crippen molar-refractivity contribution in [2.24, 2.45) is 0 Å². The molecule has 14 heavy (non-hydrogen) atoms. The molecule has 0 aliphatic carbocycles. The number of nitrogens with zero attached hydrogens (tertiary/aromatic N) is 3. The minimum atomic E-state index is -0.692. The smallest absolute Gasteiger partial charge is 0.149 e. The number of aliphatic hydroxyl groups excluding tert-OH is 1. The molecule has 2 heterocycles. The van der Waals surface area contributed by atoms with Crippen LogP contribution in [0.5, 0.6) is 0 Å². The second-order valence-electron chi connectivity index (χ2n) is 2.90. The van der Waals surface area contributed by atoms with E-state index in [2.05, 4.69) is 9.97 Å². The van der Waals surface area contributed by atoms with E-state index in [0.717, 1.165) is 6.54 Å². The zero-order valence-electron chi connectivity index (χ0n) is 7.79. The molecule has 74 valence electrons. The van der Waals surface area contributed by atoms with Gasteiger partial charge in [-0.25, -0.2) is 9.97 Å². The Hall–Kier alpha value is -1.20. The number of rotatable bonds is 3. The molecule has 0 bridgehead atoms. The van der Waals surface area contributed by atoms with Crippen molar-refractivity contribution in [3.8, 4) is 0 Å². The molecular formula is C9H11N3OS. The first-order valence-electron chi connectivity index (χ1n) is 4.40. The lowest BCUT2D eigenvalue weighted by atomic mass is 10.3. The van der Waals surface area contributed by atoms with E-state index in [-0.39, 0.29) is 0 Å². The van der Waals surface area contributed by atoms with Crippen LogP contribution in [-0.2, 0) is 6.54 Å². The highest BCUT2D eigenvalue weighted by Crippen LogP contribution is 2.21. The fourth-order valence-electron chi connectivity index (χ4n) is 1.19. The van der Waals surface area contributed by atoms with Gasteiger partial charge in [-0.3, -0.25) is 0 Å². The van der Waals surface area contributed by atoms with Crippen molar-refractivity contribution in [1.82, 2.24) is 14.5 Å². The summed E-state index contributed by atoms with van der Waals surface area (Å²) < 4.78 is 1.92. The van der Waals surface area contributed by atoms with Gasteiger partial charge in [0.2, 0.25) is 0 Å². The molecule has 1 atom stereocenters. The van der Waals surface area contributed by atoms with E-state index in [1.54, 1.807) is 12.5 Å². The second-order valence-corrected chi connectivity index (χ2v) is 3.83. The van der Waals surface area contributed by atoms with Gasteiger partial charge in [0.15, 0.2) is 0 Å². The van der Waals surface area contributed by atoms with Gasteiger partial charge in [-0.15, -0.1) is 11.3 Å². The first-order chi connectivity index (χ1) is 6.81. The largest absolute Gasteiger partial charge is 0.379 e. The van der Waals surface area contributed by atoms with Crippen LogP contribution in [-0.4, -0.2) is 19.6 Å². The molecule has 0 saturated carbocycles. The lowest BCUT2D eigenvalue weighted by Crippen LogP contribution is -1.99. The quantitative estimate of drug-likeness (QED) is 0.832. The van der Waals surface area contributed by atoms with Gasteiger partial charge in [0.05, 0.1) is 12.0 Å². The van der Waals surface area contributed by atoms with Crippen molar-refractivity contribution in [1.29, 1.82) is 0 Å². The first-order valence-corrected chi connectivity index (χ1v) is 5.28. The molecule has 0 radical (unpaired) electrons. The Morgan fingerprint density at radius 1 is 1.57 bits per heavy atom. The van der Waals surface area contributed by atoms with E-state index in [0.29, 0.717) is 10.7 Å². The number of hydrogen-bond donors (Lipinski definition) is 1. The zero-order valence-corrected chi connectivity index (χ0v) is 8.61. The zero-order chi connectivity index (χ0) is 9.97. The third kappa shape index (κ3) is 1.69. The number of aliphatic hydroxyl groups is 1. The summed E-state index contributed by atoms with van der Waals surface area (Å²) in [5.74, 6) is 0. The van der Waals surface area contributed by atoms with Crippen molar-refractivity contribution >= 4 is 11.3 Å². The summed E-state index contributed by atoms with van der Waals surface area (Å²) in [6.07, 6.45) is 4.54. The third-order valence-electron chi connectivity index (χ3n) is 1.98. The Labute approximate surface area is 85.9 Å². The summed E-state index contributed by atoms with van der Waals surface area (Å²) in [7, 11) is 0. The van der Waals surface area contributed by atoms with Gasteiger partial charge in [0, 0.05) is 24.3 Å². The molecule has 5 heteroatoms. The van der Waals surface area contributed by atoms with Crippen LogP contribution in [0.15, 0.2) is 24.1 Å². The maximum atomic E-state index is 9.86. The van der Waals surface area contributed by atoms with E-state index in [4.69, 9.17) is 0 Å². The summed E-state index contributed by atoms with van der Waals surface area (Å²) in [6, 6.07) is 0. The molecular weight excluding hydrogens is 198 g/mol. The molecule has 1 N–H and O–H groups in total. The monoisotopic (exact) mass is 209 g/mol. The summed E-state index contributed by atoms with van der Waals surface area (Å²) in [5.41, 5.74) is 0.654. The van der Waals surface area contributed by atoms with Crippen LogP contribution in [0.2, 0.25) is 0 Å². The molecule has 0 amide bonds. The molecule has 0 aliphatic rings. The topological polar surface area (TPSA) is 50.9 Å². The second kappa shape index (κ2) is 3.89. The van der Waals surface area contributed by atoms with Crippen LogP contribution in [0, 0.1) is 0 Å². The van der Waals surface area contributed by atoms with Crippen LogP contribution in [0.4, 0.5) is 0 Å². The lowest BCUT2D eigenvalue weighted by molar-refractivity contribution is 0.215. The van der Waals surface area contributed by atoms with Crippen molar-refractivity contribution in [3.05, 3.63) is 34.8 Å². The van der Waals surface area contributed by atoms with E-state index < -0.39 is 6.10 Å². The minimum Gasteiger partial charge on any atom is -0.379 e. The molecule has 0 aliphatic heterocycles. The van der Waals surface area contributed by atoms with Gasteiger partial charge in [-0.1, -0.05) is 0 Å². The fourth-order valence-corrected chi connectivity index (χ4v) is 1.82. The van der Waals surface area contributed by atoms with Crippen molar-refractivity contribution < 1.29 is 5.11 Å². The maximum Gasteiger partial charge on any atom is 0.149 e. The molecule has 2 rings (SSSR count). The van der Waals surface area contributed by atoms with E-state index in [1.165, 1.54) is 11.3 Å². The van der Waals surface area contributed by atoms with Crippen molar-refractivity contribution in [3.63, 3.8) is 0 Å². The normalized spacial score (nSPS) is 13.0. The van der Waals surface area contributed by atoms with Crippen LogP contribution in [0.25, 0.3) is 0 Å². The average Bonchev–Trinajstić information content (AvgIpc) is 2.88. The van der Waals surface area contributed by atoms with E-state index in [1.807, 2.05) is 23.1 Å². The minimum absolute atomic E-state index is 0.654. The molecule has 2 aromatic heterocycles. The summed E-state index contributed by atoms with van der Waals surface area (Å²) >= 11 is 1.43. The number of aromatic nitrogens is 3. The molecule has 0 fully saturated rings. The Morgan fingerprint density at radius 2 is 2.43 bits per heavy atom. The molecule has 2 aromatic rings. The average molecular weight is 209 g/mol.